The fourth-order valence-electron chi connectivity index (χ4n) is 3.21. The molecule has 31 heavy (non-hydrogen) atoms. The predicted octanol–water partition coefficient (Wildman–Crippen LogP) is 2.44. The van der Waals surface area contributed by atoms with Gasteiger partial charge in [-0.2, -0.15) is 23.3 Å². The number of carbonyl (C=O) groups excluding carboxylic acids is 1. The molecule has 2 N–H and O–H groups in total. The lowest BCUT2D eigenvalue weighted by Gasteiger charge is -2.27. The van der Waals surface area contributed by atoms with Crippen LogP contribution in [0.25, 0.3) is 0 Å². The molecule has 0 aromatic carbocycles. The van der Waals surface area contributed by atoms with E-state index in [1.165, 1.54) is 10.9 Å². The van der Waals surface area contributed by atoms with Gasteiger partial charge in [-0.05, 0) is 18.6 Å². The Morgan fingerprint density at radius 2 is 2.00 bits per heavy atom. The number of aryl methyl sites for hydroxylation is 1. The summed E-state index contributed by atoms with van der Waals surface area (Å²) in [4.78, 5) is 25.9. The summed E-state index contributed by atoms with van der Waals surface area (Å²) in [7, 11) is 1.78. The van der Waals surface area contributed by atoms with Gasteiger partial charge in [0.25, 0.3) is 0 Å². The second-order valence-corrected chi connectivity index (χ2v) is 7.21. The van der Waals surface area contributed by atoms with Gasteiger partial charge in [-0.3, -0.25) is 14.5 Å². The molecule has 0 bridgehead atoms. The van der Waals surface area contributed by atoms with Crippen LogP contribution in [0.4, 0.5) is 30.6 Å². The van der Waals surface area contributed by atoms with Crippen LogP contribution in [0.5, 0.6) is 0 Å². The number of rotatable bonds is 5. The van der Waals surface area contributed by atoms with Gasteiger partial charge in [0.15, 0.2) is 5.82 Å². The topological polar surface area (TPSA) is 101 Å². The van der Waals surface area contributed by atoms with E-state index in [-0.39, 0.29) is 19.0 Å². The van der Waals surface area contributed by atoms with E-state index in [4.69, 9.17) is 0 Å². The Morgan fingerprint density at radius 3 is 2.77 bits per heavy atom. The zero-order chi connectivity index (χ0) is 22.2. The Kier molecular flexibility index (Phi) is 5.21. The van der Waals surface area contributed by atoms with Crippen LogP contribution in [0.1, 0.15) is 22.4 Å². The Balaban J connectivity index is 1.43. The molecule has 0 unspecified atom stereocenters. The molecule has 1 aliphatic heterocycles. The molecule has 0 radical (unpaired) electrons. The van der Waals surface area contributed by atoms with Gasteiger partial charge in [-0.25, -0.2) is 4.98 Å². The summed E-state index contributed by atoms with van der Waals surface area (Å²) < 4.78 is 40.1. The summed E-state index contributed by atoms with van der Waals surface area (Å²) in [6.07, 6.45) is 1.09. The molecule has 4 heterocycles. The lowest BCUT2D eigenvalue weighted by molar-refractivity contribution is -0.137. The van der Waals surface area contributed by atoms with Crippen molar-refractivity contribution in [3.05, 3.63) is 53.2 Å². The molecular weight excluding hydrogens is 413 g/mol. The number of pyridine rings is 1. The lowest BCUT2D eigenvalue weighted by atomic mass is 10.2. The molecule has 0 atom stereocenters. The molecular formula is C19H19F3N8O. The van der Waals surface area contributed by atoms with Crippen molar-refractivity contribution in [1.82, 2.24) is 24.7 Å². The third-order valence-electron chi connectivity index (χ3n) is 4.68. The summed E-state index contributed by atoms with van der Waals surface area (Å²) >= 11 is 0. The van der Waals surface area contributed by atoms with Crippen LogP contribution >= 0.6 is 0 Å². The Bertz CT molecular complexity index is 1130. The molecule has 0 saturated heterocycles. The smallest absolute Gasteiger partial charge is 0.350 e. The maximum Gasteiger partial charge on any atom is 0.417 e. The Morgan fingerprint density at radius 1 is 1.19 bits per heavy atom. The molecule has 12 heteroatoms. The molecule has 162 valence electrons. The summed E-state index contributed by atoms with van der Waals surface area (Å²) in [5, 5.41) is 10.1. The van der Waals surface area contributed by atoms with E-state index in [0.717, 1.165) is 17.8 Å². The number of likely N-dealkylation sites (N-methyl/N-ethyl adjacent to an activating group) is 1. The van der Waals surface area contributed by atoms with Crippen LogP contribution in [-0.4, -0.2) is 44.2 Å². The van der Waals surface area contributed by atoms with Gasteiger partial charge in [0, 0.05) is 37.7 Å². The third kappa shape index (κ3) is 4.57. The Labute approximate surface area is 175 Å². The number of nitrogens with one attached hydrogen (secondary N) is 2. The molecule has 4 rings (SSSR count). The molecule has 3 aromatic heterocycles. The average molecular weight is 432 g/mol. The predicted molar refractivity (Wildman–Crippen MR) is 107 cm³/mol. The molecule has 0 aliphatic carbocycles. The number of fused-ring (bicyclic) bond motifs is 1. The molecule has 0 fully saturated rings. The van der Waals surface area contributed by atoms with Crippen LogP contribution in [0.15, 0.2) is 30.9 Å². The molecule has 9 nitrogen and oxygen atoms in total. The number of carbonyl (C=O) groups is 1. The second kappa shape index (κ2) is 7.85. The molecule has 3 aromatic rings. The zero-order valence-electron chi connectivity index (χ0n) is 16.7. The Hall–Kier alpha value is -3.70. The first-order valence-electron chi connectivity index (χ1n) is 9.35. The number of alkyl halides is 3. The van der Waals surface area contributed by atoms with Crippen molar-refractivity contribution in [1.29, 1.82) is 0 Å². The van der Waals surface area contributed by atoms with Crippen molar-refractivity contribution in [2.24, 2.45) is 0 Å². The molecule has 0 spiro atoms. The normalized spacial score (nSPS) is 13.7. The van der Waals surface area contributed by atoms with Gasteiger partial charge in [0.2, 0.25) is 11.9 Å². The molecule has 1 amide bonds. The number of hydrogen-bond donors (Lipinski definition) is 2. The van der Waals surface area contributed by atoms with Crippen LogP contribution in [0, 0.1) is 6.92 Å². The standard InChI is InChI=1S/C19H19F3N8O/c1-11-16-17(29(2)10-15(31)27-16)28-18(26-11)24-5-13-6-25-30(9-13)8-12-3-14(7-23-4-12)19(20,21)22/h3-4,6-7,9H,5,8,10H2,1-2H3,(H,27,31)(H,24,26,28). The van der Waals surface area contributed by atoms with E-state index in [0.29, 0.717) is 35.3 Å². The number of halogens is 3. The van der Waals surface area contributed by atoms with Gasteiger partial charge in [0.05, 0.1) is 30.5 Å². The molecule has 0 saturated carbocycles. The van der Waals surface area contributed by atoms with Gasteiger partial charge < -0.3 is 15.5 Å². The summed E-state index contributed by atoms with van der Waals surface area (Å²) in [5.74, 6) is 0.905. The summed E-state index contributed by atoms with van der Waals surface area (Å²) in [5.41, 5.74) is 1.64. The fraction of sp³-hybridized carbons (Fsp3) is 0.316. The highest BCUT2D eigenvalue weighted by Crippen LogP contribution is 2.30. The van der Waals surface area contributed by atoms with E-state index in [1.807, 2.05) is 0 Å². The summed E-state index contributed by atoms with van der Waals surface area (Å²) in [6.45, 7) is 2.53. The second-order valence-electron chi connectivity index (χ2n) is 7.21. The SMILES string of the molecule is Cc1nc(NCc2cnn(Cc3cncc(C(F)(F)F)c3)c2)nc2c1NC(=O)CN2C. The van der Waals surface area contributed by atoms with E-state index >= 15 is 0 Å². The quantitative estimate of drug-likeness (QED) is 0.639. The van der Waals surface area contributed by atoms with Gasteiger partial charge in [-0.1, -0.05) is 0 Å². The first-order chi connectivity index (χ1) is 14.7. The van der Waals surface area contributed by atoms with Crippen LogP contribution in [0.2, 0.25) is 0 Å². The number of amides is 1. The van der Waals surface area contributed by atoms with Crippen molar-refractivity contribution in [3.8, 4) is 0 Å². The highest BCUT2D eigenvalue weighted by Gasteiger charge is 2.31. The first kappa shape index (κ1) is 20.6. The minimum atomic E-state index is -4.44. The summed E-state index contributed by atoms with van der Waals surface area (Å²) in [6, 6.07) is 1.06. The highest BCUT2D eigenvalue weighted by atomic mass is 19.4. The zero-order valence-corrected chi connectivity index (χ0v) is 16.7. The van der Waals surface area contributed by atoms with E-state index < -0.39 is 11.7 Å². The van der Waals surface area contributed by atoms with Gasteiger partial charge in [-0.15, -0.1) is 0 Å². The minimum absolute atomic E-state index is 0.120. The largest absolute Gasteiger partial charge is 0.417 e. The van der Waals surface area contributed by atoms with E-state index in [9.17, 15) is 18.0 Å². The van der Waals surface area contributed by atoms with Crippen LogP contribution in [-0.2, 0) is 24.1 Å². The molecule has 1 aliphatic rings. The minimum Gasteiger partial charge on any atom is -0.350 e. The average Bonchev–Trinajstić information content (AvgIpc) is 3.14. The maximum absolute atomic E-state index is 12.8. The number of nitrogens with zero attached hydrogens (tertiary/aromatic N) is 6. The van der Waals surface area contributed by atoms with Crippen molar-refractivity contribution in [3.63, 3.8) is 0 Å². The first-order valence-corrected chi connectivity index (χ1v) is 9.35. The number of anilines is 3. The number of hydrogen-bond acceptors (Lipinski definition) is 7. The van der Waals surface area contributed by atoms with E-state index in [2.05, 4.69) is 30.7 Å². The van der Waals surface area contributed by atoms with Crippen LogP contribution < -0.4 is 15.5 Å². The van der Waals surface area contributed by atoms with Crippen LogP contribution in [0.3, 0.4) is 0 Å². The van der Waals surface area contributed by atoms with Crippen molar-refractivity contribution in [2.45, 2.75) is 26.2 Å². The van der Waals surface area contributed by atoms with E-state index in [1.54, 1.807) is 31.3 Å². The van der Waals surface area contributed by atoms with Crippen molar-refractivity contribution in [2.75, 3.05) is 29.1 Å². The van der Waals surface area contributed by atoms with Crippen molar-refractivity contribution < 1.29 is 18.0 Å². The van der Waals surface area contributed by atoms with Gasteiger partial charge in [0.1, 0.15) is 5.69 Å². The fourth-order valence-corrected chi connectivity index (χ4v) is 3.21. The van der Waals surface area contributed by atoms with Crippen molar-refractivity contribution >= 4 is 23.4 Å². The third-order valence-corrected chi connectivity index (χ3v) is 4.68. The highest BCUT2D eigenvalue weighted by molar-refractivity contribution is 6.00. The number of aromatic nitrogens is 5. The van der Waals surface area contributed by atoms with Gasteiger partial charge >= 0.3 is 6.18 Å². The lowest BCUT2D eigenvalue weighted by Crippen LogP contribution is -2.36. The monoisotopic (exact) mass is 432 g/mol. The maximum atomic E-state index is 12.8.